The maximum Gasteiger partial charge on any atom is 0.330 e. The van der Waals surface area contributed by atoms with Gasteiger partial charge in [-0.1, -0.05) is 32.4 Å². The fourth-order valence-corrected chi connectivity index (χ4v) is 6.69. The van der Waals surface area contributed by atoms with Gasteiger partial charge in [-0.2, -0.15) is 4.89 Å². The molecule has 0 N–H and O–H groups in total. The molecule has 0 unspecified atom stereocenters. The summed E-state index contributed by atoms with van der Waals surface area (Å²) >= 11 is 0. The second-order valence-corrected chi connectivity index (χ2v) is 13.7. The van der Waals surface area contributed by atoms with Crippen molar-refractivity contribution in [2.24, 2.45) is 5.92 Å². The van der Waals surface area contributed by atoms with Gasteiger partial charge in [-0.3, -0.25) is 4.79 Å². The van der Waals surface area contributed by atoms with Crippen molar-refractivity contribution in [1.82, 2.24) is 0 Å². The normalized spacial score (nSPS) is 26.0. The van der Waals surface area contributed by atoms with Crippen molar-refractivity contribution in [3.8, 4) is 0 Å². The van der Waals surface area contributed by atoms with Gasteiger partial charge in [-0.25, -0.2) is 4.79 Å². The molecule has 10 nitrogen and oxygen atoms in total. The zero-order valence-corrected chi connectivity index (χ0v) is 29.7. The smallest absolute Gasteiger partial charge is 0.330 e. The molecule has 0 aromatic carbocycles. The first-order valence-electron chi connectivity index (χ1n) is 18.8. The van der Waals surface area contributed by atoms with Crippen LogP contribution < -0.4 is 0 Å². The Morgan fingerprint density at radius 3 is 1.52 bits per heavy atom. The van der Waals surface area contributed by atoms with Crippen molar-refractivity contribution in [3.05, 3.63) is 25.0 Å². The molecule has 0 amide bonds. The molecular formula is C38H64O10. The topological polar surface area (TPSA) is 108 Å². The molecule has 3 aliphatic carbocycles. The number of esters is 2. The van der Waals surface area contributed by atoms with Crippen LogP contribution in [0.4, 0.5) is 0 Å². The van der Waals surface area contributed by atoms with Crippen molar-refractivity contribution in [2.75, 3.05) is 33.2 Å². The third kappa shape index (κ3) is 18.1. The molecule has 3 saturated carbocycles. The summed E-state index contributed by atoms with van der Waals surface area (Å²) < 4.78 is 35.2. The van der Waals surface area contributed by atoms with Crippen molar-refractivity contribution in [2.45, 2.75) is 166 Å². The molecule has 48 heavy (non-hydrogen) atoms. The van der Waals surface area contributed by atoms with Crippen LogP contribution >= 0.6 is 0 Å². The molecule has 0 atom stereocenters. The Hall–Kier alpha value is -1.98. The number of allylic oxidation sites excluding steroid dienone is 1. The van der Waals surface area contributed by atoms with Crippen molar-refractivity contribution in [1.29, 1.82) is 0 Å². The summed E-state index contributed by atoms with van der Waals surface area (Å²) in [7, 11) is 0. The Labute approximate surface area is 289 Å². The van der Waals surface area contributed by atoms with Gasteiger partial charge in [0.1, 0.15) is 18.7 Å². The number of carbonyl (C=O) groups excluding carboxylic acids is 2. The highest BCUT2D eigenvalue weighted by atomic mass is 17.2. The fraction of sp³-hybridized carbons (Fsp3) is 0.842. The van der Waals surface area contributed by atoms with Gasteiger partial charge in [0.2, 0.25) is 0 Å². The zero-order valence-electron chi connectivity index (χ0n) is 29.7. The lowest BCUT2D eigenvalue weighted by Gasteiger charge is -2.32. The van der Waals surface area contributed by atoms with Crippen LogP contribution in [0.25, 0.3) is 0 Å². The third-order valence-electron chi connectivity index (χ3n) is 9.62. The molecule has 276 valence electrons. The molecule has 10 heteroatoms. The molecule has 3 aliphatic rings. The van der Waals surface area contributed by atoms with Gasteiger partial charge in [0.25, 0.3) is 0 Å². The van der Waals surface area contributed by atoms with E-state index in [1.807, 2.05) is 0 Å². The first-order chi connectivity index (χ1) is 23.4. The predicted octanol–water partition coefficient (Wildman–Crippen LogP) is 8.07. The standard InChI is InChI=1S/C38H64O10/c1-4-37(39)43-27-11-6-5-9-25-41-32-15-13-31(14-16-32)38(40)47-36-23-21-35(22-24-36)45-29-44-34-19-17-33(18-20-34)42-26-10-7-8-12-28-46-48-30(2)3/h4,31-36H,1-2,5-29H2,3H3. The molecule has 3 rings (SSSR count). The fourth-order valence-electron chi connectivity index (χ4n) is 6.69. The predicted molar refractivity (Wildman–Crippen MR) is 183 cm³/mol. The summed E-state index contributed by atoms with van der Waals surface area (Å²) in [4.78, 5) is 33.8. The van der Waals surface area contributed by atoms with E-state index in [0.29, 0.717) is 31.9 Å². The first kappa shape index (κ1) is 40.4. The Morgan fingerprint density at radius 2 is 1.02 bits per heavy atom. The van der Waals surface area contributed by atoms with Crippen molar-refractivity contribution < 1.29 is 47.8 Å². The molecule has 0 bridgehead atoms. The van der Waals surface area contributed by atoms with E-state index in [0.717, 1.165) is 142 Å². The molecular weight excluding hydrogens is 616 g/mol. The summed E-state index contributed by atoms with van der Waals surface area (Å²) in [6.07, 6.45) is 21.5. The quantitative estimate of drug-likeness (QED) is 0.0179. The summed E-state index contributed by atoms with van der Waals surface area (Å²) in [5, 5.41) is 0. The van der Waals surface area contributed by atoms with E-state index >= 15 is 0 Å². The lowest BCUT2D eigenvalue weighted by molar-refractivity contribution is -0.261. The lowest BCUT2D eigenvalue weighted by Crippen LogP contribution is -2.33. The van der Waals surface area contributed by atoms with E-state index in [-0.39, 0.29) is 42.3 Å². The molecule has 0 aliphatic heterocycles. The number of ether oxygens (including phenoxy) is 6. The van der Waals surface area contributed by atoms with Crippen LogP contribution in [0.2, 0.25) is 0 Å². The molecule has 0 heterocycles. The van der Waals surface area contributed by atoms with Crippen LogP contribution in [-0.4, -0.2) is 75.7 Å². The lowest BCUT2D eigenvalue weighted by atomic mass is 9.87. The Morgan fingerprint density at radius 1 is 0.583 bits per heavy atom. The van der Waals surface area contributed by atoms with E-state index < -0.39 is 0 Å². The zero-order chi connectivity index (χ0) is 34.2. The van der Waals surface area contributed by atoms with E-state index in [4.69, 9.17) is 38.2 Å². The highest BCUT2D eigenvalue weighted by molar-refractivity contribution is 5.81. The molecule has 0 spiro atoms. The van der Waals surface area contributed by atoms with E-state index in [1.165, 1.54) is 6.08 Å². The number of unbranched alkanes of at least 4 members (excludes halogenated alkanes) is 6. The monoisotopic (exact) mass is 680 g/mol. The maximum absolute atomic E-state index is 12.9. The summed E-state index contributed by atoms with van der Waals surface area (Å²) in [5.41, 5.74) is 0. The highest BCUT2D eigenvalue weighted by Crippen LogP contribution is 2.30. The maximum atomic E-state index is 12.9. The SMILES string of the molecule is C=CC(=O)OCCCCCCOC1CCC(C(=O)OC2CCC(OCOC3CCC(OCCCCCCOOC(=C)C)CC3)CC2)CC1. The molecule has 0 saturated heterocycles. The van der Waals surface area contributed by atoms with Gasteiger partial charge in [-0.05, 0) is 116 Å². The van der Waals surface area contributed by atoms with E-state index in [9.17, 15) is 9.59 Å². The van der Waals surface area contributed by atoms with Crippen LogP contribution in [-0.2, 0) is 47.8 Å². The van der Waals surface area contributed by atoms with Crippen LogP contribution in [0.15, 0.2) is 25.0 Å². The van der Waals surface area contributed by atoms with Gasteiger partial charge in [0, 0.05) is 19.3 Å². The minimum Gasteiger partial charge on any atom is -0.463 e. The highest BCUT2D eigenvalue weighted by Gasteiger charge is 2.31. The summed E-state index contributed by atoms with van der Waals surface area (Å²) in [6.45, 7) is 11.7. The van der Waals surface area contributed by atoms with E-state index in [2.05, 4.69) is 13.2 Å². The number of rotatable bonds is 25. The number of carbonyl (C=O) groups is 2. The summed E-state index contributed by atoms with van der Waals surface area (Å²) in [6, 6.07) is 0. The van der Waals surface area contributed by atoms with Crippen LogP contribution in [0, 0.1) is 5.92 Å². The minimum atomic E-state index is -0.361. The Kier molecular flexibility index (Phi) is 21.1. The van der Waals surface area contributed by atoms with Crippen molar-refractivity contribution >= 4 is 11.9 Å². The first-order valence-corrected chi connectivity index (χ1v) is 18.8. The van der Waals surface area contributed by atoms with Crippen molar-refractivity contribution in [3.63, 3.8) is 0 Å². The minimum absolute atomic E-state index is 0.00176. The second-order valence-electron chi connectivity index (χ2n) is 13.7. The Balaban J connectivity index is 1.11. The Bertz CT molecular complexity index is 886. The average Bonchev–Trinajstić information content (AvgIpc) is 3.10. The largest absolute Gasteiger partial charge is 0.463 e. The molecule has 0 aromatic heterocycles. The third-order valence-corrected chi connectivity index (χ3v) is 9.62. The van der Waals surface area contributed by atoms with Gasteiger partial charge < -0.3 is 33.3 Å². The second kappa shape index (κ2) is 25.0. The van der Waals surface area contributed by atoms with Gasteiger partial charge in [-0.15, -0.1) is 0 Å². The van der Waals surface area contributed by atoms with E-state index in [1.54, 1.807) is 6.92 Å². The van der Waals surface area contributed by atoms with Crippen LogP contribution in [0.1, 0.15) is 135 Å². The van der Waals surface area contributed by atoms with Crippen LogP contribution in [0.5, 0.6) is 0 Å². The summed E-state index contributed by atoms with van der Waals surface area (Å²) in [5.74, 6) is 0.174. The molecule has 3 fully saturated rings. The molecule has 0 aromatic rings. The number of hydrogen-bond donors (Lipinski definition) is 0. The molecule has 0 radical (unpaired) electrons. The average molecular weight is 681 g/mol. The number of hydrogen-bond acceptors (Lipinski definition) is 10. The van der Waals surface area contributed by atoms with Gasteiger partial charge in [0.15, 0.2) is 0 Å². The van der Waals surface area contributed by atoms with Crippen LogP contribution in [0.3, 0.4) is 0 Å². The van der Waals surface area contributed by atoms with Gasteiger partial charge >= 0.3 is 11.9 Å². The van der Waals surface area contributed by atoms with Gasteiger partial charge in [0.05, 0.1) is 43.5 Å².